The summed E-state index contributed by atoms with van der Waals surface area (Å²) in [5.41, 5.74) is 6.81. The highest BCUT2D eigenvalue weighted by atomic mass is 35.5. The lowest BCUT2D eigenvalue weighted by molar-refractivity contribution is 0.243. The molecule has 0 saturated heterocycles. The molecule has 0 saturated carbocycles. The first-order valence-corrected chi connectivity index (χ1v) is 7.84. The molecule has 0 amide bonds. The summed E-state index contributed by atoms with van der Waals surface area (Å²) in [4.78, 5) is 10.2. The zero-order valence-electron chi connectivity index (χ0n) is 14.2. The van der Waals surface area contributed by atoms with E-state index in [9.17, 15) is 0 Å². The average molecular weight is 337 g/mol. The number of halogens is 1. The molecule has 23 heavy (non-hydrogen) atoms. The predicted molar refractivity (Wildman–Crippen MR) is 99.3 cm³/mol. The van der Waals surface area contributed by atoms with Gasteiger partial charge in [-0.3, -0.25) is 4.99 Å². The lowest BCUT2D eigenvalue weighted by Crippen LogP contribution is -2.37. The molecule has 0 aromatic heterocycles. The van der Waals surface area contributed by atoms with Crippen LogP contribution in [0.1, 0.15) is 20.8 Å². The van der Waals surface area contributed by atoms with Gasteiger partial charge >= 0.3 is 0 Å². The van der Waals surface area contributed by atoms with Gasteiger partial charge in [0.15, 0.2) is 0 Å². The summed E-state index contributed by atoms with van der Waals surface area (Å²) in [5, 5.41) is 0.600. The van der Waals surface area contributed by atoms with Gasteiger partial charge in [0.25, 0.3) is 0 Å². The van der Waals surface area contributed by atoms with E-state index in [1.54, 1.807) is 18.2 Å². The van der Waals surface area contributed by atoms with Crippen molar-refractivity contribution in [2.24, 2.45) is 15.7 Å². The molecule has 0 fully saturated rings. The summed E-state index contributed by atoms with van der Waals surface area (Å²) in [6, 6.07) is 5.25. The highest BCUT2D eigenvalue weighted by molar-refractivity contribution is 6.30. The molecule has 1 aromatic rings. The third-order valence-electron chi connectivity index (χ3n) is 3.15. The minimum absolute atomic E-state index is 0.0260. The van der Waals surface area contributed by atoms with Gasteiger partial charge in [0.1, 0.15) is 17.3 Å². The number of aliphatic imine (C=N–C) groups is 2. The second kappa shape index (κ2) is 9.20. The summed E-state index contributed by atoms with van der Waals surface area (Å²) >= 11 is 6.03. The number of hydrogen-bond donors (Lipinski definition) is 1. The lowest BCUT2D eigenvalue weighted by atomic mass is 10.2. The maximum absolute atomic E-state index is 6.14. The van der Waals surface area contributed by atoms with Gasteiger partial charge in [-0.25, -0.2) is 4.99 Å². The minimum atomic E-state index is -0.0707. The van der Waals surface area contributed by atoms with E-state index in [-0.39, 0.29) is 12.1 Å². The number of likely N-dealkylation sites (N-methyl/N-ethyl adjacent to an activating group) is 1. The lowest BCUT2D eigenvalue weighted by Gasteiger charge is -2.22. The highest BCUT2D eigenvalue weighted by Gasteiger charge is 2.12. The molecule has 0 radical (unpaired) electrons. The van der Waals surface area contributed by atoms with Gasteiger partial charge in [0, 0.05) is 18.1 Å². The summed E-state index contributed by atoms with van der Waals surface area (Å²) in [6.45, 7) is 9.89. The average Bonchev–Trinajstić information content (AvgIpc) is 2.48. The summed E-state index contributed by atoms with van der Waals surface area (Å²) in [5.74, 6) is 1.11. The normalized spacial score (nSPS) is 13.4. The minimum Gasteiger partial charge on any atom is -0.489 e. The fourth-order valence-corrected chi connectivity index (χ4v) is 1.95. The fraction of sp³-hybridized carbons (Fsp3) is 0.412. The van der Waals surface area contributed by atoms with Gasteiger partial charge in [0.05, 0.1) is 18.7 Å². The van der Waals surface area contributed by atoms with Gasteiger partial charge in [-0.2, -0.15) is 0 Å². The van der Waals surface area contributed by atoms with Crippen LogP contribution >= 0.6 is 11.6 Å². The van der Waals surface area contributed by atoms with E-state index in [1.165, 1.54) is 0 Å². The molecule has 0 aliphatic carbocycles. The number of benzene rings is 1. The van der Waals surface area contributed by atoms with Crippen LogP contribution in [0.4, 0.5) is 5.69 Å². The second-order valence-corrected chi connectivity index (χ2v) is 5.88. The monoisotopic (exact) mass is 336 g/mol. The molecular weight excluding hydrogens is 312 g/mol. The first kappa shape index (κ1) is 19.0. The molecule has 2 N–H and O–H groups in total. The van der Waals surface area contributed by atoms with Gasteiger partial charge in [0.2, 0.25) is 0 Å². The Morgan fingerprint density at radius 1 is 1.43 bits per heavy atom. The van der Waals surface area contributed by atoms with Crippen LogP contribution in [-0.4, -0.2) is 43.2 Å². The van der Waals surface area contributed by atoms with Crippen molar-refractivity contribution < 1.29 is 4.74 Å². The molecule has 0 aliphatic heterocycles. The predicted octanol–water partition coefficient (Wildman–Crippen LogP) is 3.65. The molecule has 0 heterocycles. The number of nitrogens with two attached hydrogens (primary N) is 1. The summed E-state index contributed by atoms with van der Waals surface area (Å²) in [7, 11) is 1.93. The molecule has 0 bridgehead atoms. The summed E-state index contributed by atoms with van der Waals surface area (Å²) in [6.07, 6.45) is 3.85. The quantitative estimate of drug-likeness (QED) is 0.582. The third-order valence-corrected chi connectivity index (χ3v) is 3.38. The Morgan fingerprint density at radius 2 is 2.13 bits per heavy atom. The van der Waals surface area contributed by atoms with E-state index in [2.05, 4.69) is 16.7 Å². The fourth-order valence-electron chi connectivity index (χ4n) is 1.79. The maximum atomic E-state index is 6.14. The van der Waals surface area contributed by atoms with Crippen LogP contribution in [0.2, 0.25) is 5.02 Å². The number of amidine groups is 1. The van der Waals surface area contributed by atoms with Crippen molar-refractivity contribution >= 4 is 29.8 Å². The zero-order chi connectivity index (χ0) is 17.4. The van der Waals surface area contributed by atoms with Crippen molar-refractivity contribution in [3.63, 3.8) is 0 Å². The van der Waals surface area contributed by atoms with Gasteiger partial charge in [-0.05, 0) is 51.9 Å². The van der Waals surface area contributed by atoms with Crippen LogP contribution in [0, 0.1) is 0 Å². The standard InChI is InChI=1S/C17H25ClN4O/c1-12(2)23-16-11-14(18)7-8-15(16)21-17(19)13(3)22(5)10-6-9-20-4/h6-8,10-13H,4,9H2,1-3,5H3,(H2,19,21)/b10-6-. The van der Waals surface area contributed by atoms with Gasteiger partial charge in [-0.15, -0.1) is 0 Å². The summed E-state index contributed by atoms with van der Waals surface area (Å²) < 4.78 is 5.75. The van der Waals surface area contributed by atoms with Crippen LogP contribution in [-0.2, 0) is 0 Å². The molecule has 1 atom stereocenters. The Balaban J connectivity index is 2.98. The highest BCUT2D eigenvalue weighted by Crippen LogP contribution is 2.31. The molecule has 1 aromatic carbocycles. The first-order chi connectivity index (χ1) is 10.8. The van der Waals surface area contributed by atoms with Crippen molar-refractivity contribution in [1.82, 2.24) is 4.90 Å². The Labute approximate surface area is 143 Å². The molecule has 0 aliphatic rings. The molecule has 126 valence electrons. The maximum Gasteiger partial charge on any atom is 0.146 e. The Morgan fingerprint density at radius 3 is 2.74 bits per heavy atom. The van der Waals surface area contributed by atoms with E-state index in [0.29, 0.717) is 28.8 Å². The van der Waals surface area contributed by atoms with Crippen molar-refractivity contribution in [1.29, 1.82) is 0 Å². The van der Waals surface area contributed by atoms with Crippen LogP contribution in [0.3, 0.4) is 0 Å². The topological polar surface area (TPSA) is 63.2 Å². The number of ether oxygens (including phenoxy) is 1. The van der Waals surface area contributed by atoms with E-state index in [4.69, 9.17) is 22.1 Å². The molecule has 0 spiro atoms. The Hall–Kier alpha value is -2.01. The third kappa shape index (κ3) is 6.32. The van der Waals surface area contributed by atoms with E-state index >= 15 is 0 Å². The number of hydrogen-bond acceptors (Lipinski definition) is 4. The Bertz CT molecular complexity index is 584. The smallest absolute Gasteiger partial charge is 0.146 e. The zero-order valence-corrected chi connectivity index (χ0v) is 14.9. The van der Waals surface area contributed by atoms with E-state index < -0.39 is 0 Å². The van der Waals surface area contributed by atoms with E-state index in [1.807, 2.05) is 45.0 Å². The molecule has 1 rings (SSSR count). The van der Waals surface area contributed by atoms with Crippen LogP contribution in [0.25, 0.3) is 0 Å². The van der Waals surface area contributed by atoms with Crippen LogP contribution in [0.15, 0.2) is 40.5 Å². The molecule has 6 heteroatoms. The second-order valence-electron chi connectivity index (χ2n) is 5.45. The SMILES string of the molecule is C=NC/C=C\N(C)C(C)C(N)=Nc1ccc(Cl)cc1OC(C)C. The number of nitrogens with zero attached hydrogens (tertiary/aromatic N) is 3. The first-order valence-electron chi connectivity index (χ1n) is 7.46. The van der Waals surface area contributed by atoms with Crippen molar-refractivity contribution in [3.8, 4) is 5.75 Å². The van der Waals surface area contributed by atoms with E-state index in [0.717, 1.165) is 0 Å². The van der Waals surface area contributed by atoms with Crippen LogP contribution < -0.4 is 10.5 Å². The Kier molecular flexibility index (Phi) is 7.62. The largest absolute Gasteiger partial charge is 0.489 e. The molecule has 1 unspecified atom stereocenters. The van der Waals surface area contributed by atoms with Gasteiger partial charge < -0.3 is 15.4 Å². The van der Waals surface area contributed by atoms with Gasteiger partial charge in [-0.1, -0.05) is 11.6 Å². The molecular formula is C17H25ClN4O. The van der Waals surface area contributed by atoms with Crippen molar-refractivity contribution in [2.75, 3.05) is 13.6 Å². The van der Waals surface area contributed by atoms with Crippen molar-refractivity contribution in [3.05, 3.63) is 35.5 Å². The van der Waals surface area contributed by atoms with Crippen molar-refractivity contribution in [2.45, 2.75) is 32.9 Å². The van der Waals surface area contributed by atoms with Crippen LogP contribution in [0.5, 0.6) is 5.75 Å². The number of rotatable bonds is 8. The molecule has 5 nitrogen and oxygen atoms in total.